The first-order chi connectivity index (χ1) is 7.98. The molecule has 17 heavy (non-hydrogen) atoms. The average molecular weight is 243 g/mol. The molecule has 1 nitrogen and oxygen atoms in total. The SMILES string of the molecule is CN1CC[C@H](C(F)(F)F)C[C@H]1c1ccccc1. The Morgan fingerprint density at radius 2 is 1.82 bits per heavy atom. The first kappa shape index (κ1) is 12.4. The van der Waals surface area contributed by atoms with Crippen molar-refractivity contribution in [3.8, 4) is 0 Å². The number of hydrogen-bond donors (Lipinski definition) is 0. The second-order valence-electron chi connectivity index (χ2n) is 4.67. The number of rotatable bonds is 1. The third-order valence-electron chi connectivity index (χ3n) is 3.52. The van der Waals surface area contributed by atoms with Crippen molar-refractivity contribution in [3.05, 3.63) is 35.9 Å². The van der Waals surface area contributed by atoms with Gasteiger partial charge in [-0.25, -0.2) is 0 Å². The van der Waals surface area contributed by atoms with Gasteiger partial charge in [0.25, 0.3) is 0 Å². The summed E-state index contributed by atoms with van der Waals surface area (Å²) in [4.78, 5) is 2.01. The van der Waals surface area contributed by atoms with Gasteiger partial charge in [-0.2, -0.15) is 13.2 Å². The molecule has 0 aromatic heterocycles. The molecule has 0 bridgehead atoms. The van der Waals surface area contributed by atoms with Crippen LogP contribution in [0.4, 0.5) is 13.2 Å². The summed E-state index contributed by atoms with van der Waals surface area (Å²) >= 11 is 0. The molecule has 0 amide bonds. The summed E-state index contributed by atoms with van der Waals surface area (Å²) in [6.07, 6.45) is -3.68. The first-order valence-electron chi connectivity index (χ1n) is 5.80. The van der Waals surface area contributed by atoms with Crippen LogP contribution in [0, 0.1) is 5.92 Å². The summed E-state index contributed by atoms with van der Waals surface area (Å²) < 4.78 is 38.2. The molecule has 2 atom stereocenters. The van der Waals surface area contributed by atoms with Gasteiger partial charge in [0, 0.05) is 6.04 Å². The van der Waals surface area contributed by atoms with Crippen LogP contribution < -0.4 is 0 Å². The molecule has 1 aromatic rings. The molecular weight excluding hydrogens is 227 g/mol. The monoisotopic (exact) mass is 243 g/mol. The molecule has 1 fully saturated rings. The largest absolute Gasteiger partial charge is 0.391 e. The molecule has 1 aromatic carbocycles. The Morgan fingerprint density at radius 1 is 1.18 bits per heavy atom. The number of halogens is 3. The highest BCUT2D eigenvalue weighted by Crippen LogP contribution is 2.41. The quantitative estimate of drug-likeness (QED) is 0.728. The first-order valence-corrected chi connectivity index (χ1v) is 5.80. The topological polar surface area (TPSA) is 3.24 Å². The highest BCUT2D eigenvalue weighted by atomic mass is 19.4. The zero-order valence-corrected chi connectivity index (χ0v) is 9.74. The van der Waals surface area contributed by atoms with E-state index in [0.29, 0.717) is 6.54 Å². The Morgan fingerprint density at radius 3 is 2.41 bits per heavy atom. The number of alkyl halides is 3. The number of benzene rings is 1. The van der Waals surface area contributed by atoms with Crippen molar-refractivity contribution in [1.82, 2.24) is 4.90 Å². The maximum Gasteiger partial charge on any atom is 0.391 e. The highest BCUT2D eigenvalue weighted by molar-refractivity contribution is 5.19. The Hall–Kier alpha value is -1.03. The lowest BCUT2D eigenvalue weighted by Crippen LogP contribution is -2.39. The van der Waals surface area contributed by atoms with Crippen molar-refractivity contribution in [3.63, 3.8) is 0 Å². The minimum atomic E-state index is -4.06. The third-order valence-corrected chi connectivity index (χ3v) is 3.52. The molecule has 0 spiro atoms. The summed E-state index contributed by atoms with van der Waals surface area (Å²) in [5.41, 5.74) is 0.976. The van der Waals surface area contributed by atoms with E-state index in [1.807, 2.05) is 42.3 Å². The molecule has 2 rings (SSSR count). The maximum atomic E-state index is 12.7. The van der Waals surface area contributed by atoms with Gasteiger partial charge in [-0.3, -0.25) is 4.90 Å². The highest BCUT2D eigenvalue weighted by Gasteiger charge is 2.43. The van der Waals surface area contributed by atoms with E-state index in [1.54, 1.807) is 0 Å². The average Bonchev–Trinajstić information content (AvgIpc) is 2.29. The smallest absolute Gasteiger partial charge is 0.299 e. The standard InChI is InChI=1S/C13H16F3N/c1-17-8-7-11(13(14,15)16)9-12(17)10-5-3-2-4-6-10/h2-6,11-12H,7-9H2,1H3/t11-,12-/m0/s1. The summed E-state index contributed by atoms with van der Waals surface area (Å²) in [7, 11) is 1.89. The lowest BCUT2D eigenvalue weighted by atomic mass is 9.87. The Bertz CT molecular complexity index is 361. The van der Waals surface area contributed by atoms with Crippen molar-refractivity contribution in [2.75, 3.05) is 13.6 Å². The van der Waals surface area contributed by atoms with Gasteiger partial charge in [-0.05, 0) is 32.0 Å². The summed E-state index contributed by atoms with van der Waals surface area (Å²) in [6.45, 7) is 0.504. The summed E-state index contributed by atoms with van der Waals surface area (Å²) in [5.74, 6) is -1.16. The summed E-state index contributed by atoms with van der Waals surface area (Å²) in [6, 6.07) is 9.32. The van der Waals surface area contributed by atoms with E-state index in [0.717, 1.165) is 5.56 Å². The molecule has 0 radical (unpaired) electrons. The number of piperidine rings is 1. The van der Waals surface area contributed by atoms with E-state index >= 15 is 0 Å². The van der Waals surface area contributed by atoms with Crippen LogP contribution in [0.1, 0.15) is 24.4 Å². The van der Waals surface area contributed by atoms with Gasteiger partial charge in [0.1, 0.15) is 0 Å². The maximum absolute atomic E-state index is 12.7. The zero-order chi connectivity index (χ0) is 12.5. The van der Waals surface area contributed by atoms with Gasteiger partial charge < -0.3 is 0 Å². The minimum Gasteiger partial charge on any atom is -0.299 e. The van der Waals surface area contributed by atoms with Gasteiger partial charge in [-0.1, -0.05) is 30.3 Å². The fraction of sp³-hybridized carbons (Fsp3) is 0.538. The van der Waals surface area contributed by atoms with Crippen LogP contribution >= 0.6 is 0 Å². The number of nitrogens with zero attached hydrogens (tertiary/aromatic N) is 1. The van der Waals surface area contributed by atoms with Crippen LogP contribution in [0.25, 0.3) is 0 Å². The lowest BCUT2D eigenvalue weighted by Gasteiger charge is -2.38. The lowest BCUT2D eigenvalue weighted by molar-refractivity contribution is -0.189. The van der Waals surface area contributed by atoms with E-state index < -0.39 is 12.1 Å². The van der Waals surface area contributed by atoms with Gasteiger partial charge in [0.05, 0.1) is 5.92 Å². The van der Waals surface area contributed by atoms with Gasteiger partial charge in [0.15, 0.2) is 0 Å². The molecule has 94 valence electrons. The molecule has 0 unspecified atom stereocenters. The van der Waals surface area contributed by atoms with Crippen LogP contribution in [-0.4, -0.2) is 24.7 Å². The molecule has 0 N–H and O–H groups in total. The molecular formula is C13H16F3N. The second-order valence-corrected chi connectivity index (χ2v) is 4.67. The van der Waals surface area contributed by atoms with Crippen molar-refractivity contribution >= 4 is 0 Å². The van der Waals surface area contributed by atoms with E-state index in [2.05, 4.69) is 0 Å². The van der Waals surface area contributed by atoms with E-state index in [1.165, 1.54) is 0 Å². The van der Waals surface area contributed by atoms with Crippen molar-refractivity contribution in [2.45, 2.75) is 25.1 Å². The Labute approximate surface area is 99.2 Å². The van der Waals surface area contributed by atoms with Gasteiger partial charge >= 0.3 is 6.18 Å². The molecule has 1 aliphatic heterocycles. The van der Waals surface area contributed by atoms with Crippen LogP contribution in [-0.2, 0) is 0 Å². The fourth-order valence-corrected chi connectivity index (χ4v) is 2.45. The van der Waals surface area contributed by atoms with Crippen LogP contribution in [0.15, 0.2) is 30.3 Å². The molecule has 1 saturated heterocycles. The molecule has 0 aliphatic carbocycles. The Balaban J connectivity index is 2.16. The molecule has 1 aliphatic rings. The van der Waals surface area contributed by atoms with Gasteiger partial charge in [0.2, 0.25) is 0 Å². The van der Waals surface area contributed by atoms with Gasteiger partial charge in [-0.15, -0.1) is 0 Å². The predicted octanol–water partition coefficient (Wildman–Crippen LogP) is 3.63. The number of hydrogen-bond acceptors (Lipinski definition) is 1. The third kappa shape index (κ3) is 2.80. The molecule has 1 heterocycles. The van der Waals surface area contributed by atoms with Crippen LogP contribution in [0.2, 0.25) is 0 Å². The van der Waals surface area contributed by atoms with Crippen LogP contribution in [0.5, 0.6) is 0 Å². The number of likely N-dealkylation sites (tertiary alicyclic amines) is 1. The molecule has 0 saturated carbocycles. The fourth-order valence-electron chi connectivity index (χ4n) is 2.45. The van der Waals surface area contributed by atoms with E-state index in [4.69, 9.17) is 0 Å². The van der Waals surface area contributed by atoms with E-state index in [-0.39, 0.29) is 18.9 Å². The van der Waals surface area contributed by atoms with Crippen molar-refractivity contribution < 1.29 is 13.2 Å². The second kappa shape index (κ2) is 4.69. The minimum absolute atomic E-state index is 0.114. The molecule has 4 heteroatoms. The van der Waals surface area contributed by atoms with Crippen molar-refractivity contribution in [2.24, 2.45) is 5.92 Å². The van der Waals surface area contributed by atoms with E-state index in [9.17, 15) is 13.2 Å². The van der Waals surface area contributed by atoms with Crippen molar-refractivity contribution in [1.29, 1.82) is 0 Å². The van der Waals surface area contributed by atoms with Crippen LogP contribution in [0.3, 0.4) is 0 Å². The Kier molecular flexibility index (Phi) is 3.43. The zero-order valence-electron chi connectivity index (χ0n) is 9.74. The summed E-state index contributed by atoms with van der Waals surface area (Å²) in [5, 5.41) is 0. The predicted molar refractivity (Wildman–Crippen MR) is 60.6 cm³/mol. The normalized spacial score (nSPS) is 27.1.